The van der Waals surface area contributed by atoms with Crippen LogP contribution in [0.4, 0.5) is 5.69 Å². The van der Waals surface area contributed by atoms with E-state index in [1.165, 1.54) is 17.0 Å². The van der Waals surface area contributed by atoms with Crippen LogP contribution in [0.3, 0.4) is 0 Å². The van der Waals surface area contributed by atoms with E-state index in [0.29, 0.717) is 11.4 Å². The first-order valence-electron chi connectivity index (χ1n) is 12.9. The van der Waals surface area contributed by atoms with Gasteiger partial charge in [0.1, 0.15) is 18.3 Å². The number of sulfonamides is 1. The smallest absolute Gasteiger partial charge is 0.264 e. The number of anilines is 1. The molecular formula is C30H37N3O5S. The van der Waals surface area contributed by atoms with Gasteiger partial charge in [0.25, 0.3) is 10.0 Å². The Morgan fingerprint density at radius 1 is 0.949 bits per heavy atom. The number of benzene rings is 3. The molecule has 0 heterocycles. The van der Waals surface area contributed by atoms with Crippen molar-refractivity contribution in [3.05, 3.63) is 90.0 Å². The van der Waals surface area contributed by atoms with Gasteiger partial charge in [0, 0.05) is 12.6 Å². The number of methoxy groups -OCH3 is 1. The van der Waals surface area contributed by atoms with E-state index in [1.807, 2.05) is 32.9 Å². The highest BCUT2D eigenvalue weighted by atomic mass is 32.2. The molecule has 208 valence electrons. The molecule has 3 aromatic rings. The lowest BCUT2D eigenvalue weighted by Gasteiger charge is -2.32. The minimum atomic E-state index is -4.09. The Bertz CT molecular complexity index is 1380. The van der Waals surface area contributed by atoms with Crippen molar-refractivity contribution in [2.24, 2.45) is 0 Å². The average Bonchev–Trinajstić information content (AvgIpc) is 2.94. The Labute approximate surface area is 231 Å². The normalized spacial score (nSPS) is 12.7. The summed E-state index contributed by atoms with van der Waals surface area (Å²) in [7, 11) is -2.53. The van der Waals surface area contributed by atoms with Gasteiger partial charge in [-0.3, -0.25) is 13.9 Å². The number of nitrogens with one attached hydrogen (secondary N) is 1. The summed E-state index contributed by atoms with van der Waals surface area (Å²) >= 11 is 0. The molecule has 0 bridgehead atoms. The molecular weight excluding hydrogens is 514 g/mol. The molecule has 8 nitrogen and oxygen atoms in total. The number of carbonyl (C=O) groups is 2. The summed E-state index contributed by atoms with van der Waals surface area (Å²) in [6.45, 7) is 6.98. The van der Waals surface area contributed by atoms with Crippen LogP contribution in [-0.4, -0.2) is 50.9 Å². The fraction of sp³-hybridized carbons (Fsp3) is 0.333. The summed E-state index contributed by atoms with van der Waals surface area (Å²) in [5.41, 5.74) is 1.96. The highest BCUT2D eigenvalue weighted by Gasteiger charge is 2.32. The second-order valence-corrected chi connectivity index (χ2v) is 11.4. The first-order valence-corrected chi connectivity index (χ1v) is 14.4. The molecule has 0 aliphatic carbocycles. The molecule has 0 unspecified atom stereocenters. The van der Waals surface area contributed by atoms with E-state index in [1.54, 1.807) is 68.6 Å². The third kappa shape index (κ3) is 7.60. The number of ether oxygens (including phenoxy) is 1. The topological polar surface area (TPSA) is 96.0 Å². The van der Waals surface area contributed by atoms with E-state index in [4.69, 9.17) is 4.74 Å². The van der Waals surface area contributed by atoms with Crippen LogP contribution in [0.5, 0.6) is 5.75 Å². The second-order valence-electron chi connectivity index (χ2n) is 9.53. The van der Waals surface area contributed by atoms with Crippen molar-refractivity contribution >= 4 is 27.5 Å². The molecule has 9 heteroatoms. The van der Waals surface area contributed by atoms with Crippen LogP contribution in [0.1, 0.15) is 38.3 Å². The number of hydrogen-bond donors (Lipinski definition) is 1. The molecule has 0 fully saturated rings. The summed E-state index contributed by atoms with van der Waals surface area (Å²) in [5, 5.41) is 2.93. The van der Waals surface area contributed by atoms with Crippen LogP contribution >= 0.6 is 0 Å². The van der Waals surface area contributed by atoms with Crippen molar-refractivity contribution in [1.29, 1.82) is 0 Å². The van der Waals surface area contributed by atoms with Gasteiger partial charge in [-0.05, 0) is 74.7 Å². The lowest BCUT2D eigenvalue weighted by Crippen LogP contribution is -2.52. The van der Waals surface area contributed by atoms with E-state index in [-0.39, 0.29) is 23.4 Å². The van der Waals surface area contributed by atoms with Crippen LogP contribution in [0.2, 0.25) is 0 Å². The number of aryl methyl sites for hydroxylation is 1. The Kier molecular flexibility index (Phi) is 10.1. The highest BCUT2D eigenvalue weighted by molar-refractivity contribution is 7.92. The molecule has 39 heavy (non-hydrogen) atoms. The van der Waals surface area contributed by atoms with Crippen molar-refractivity contribution in [3.63, 3.8) is 0 Å². The number of rotatable bonds is 12. The summed E-state index contributed by atoms with van der Waals surface area (Å²) in [6.07, 6.45) is 0.735. The van der Waals surface area contributed by atoms with Crippen LogP contribution in [0.25, 0.3) is 0 Å². The minimum absolute atomic E-state index is 0.0706. The number of hydrogen-bond acceptors (Lipinski definition) is 5. The summed E-state index contributed by atoms with van der Waals surface area (Å²) < 4.78 is 34.0. The number of amides is 2. The predicted molar refractivity (Wildman–Crippen MR) is 153 cm³/mol. The van der Waals surface area contributed by atoms with E-state index < -0.39 is 28.5 Å². The third-order valence-electron chi connectivity index (χ3n) is 6.56. The largest absolute Gasteiger partial charge is 0.497 e. The van der Waals surface area contributed by atoms with Crippen molar-refractivity contribution in [3.8, 4) is 5.75 Å². The maximum Gasteiger partial charge on any atom is 0.264 e. The predicted octanol–water partition coefficient (Wildman–Crippen LogP) is 4.53. The van der Waals surface area contributed by atoms with E-state index in [0.717, 1.165) is 21.9 Å². The molecule has 3 aromatic carbocycles. The Hall–Kier alpha value is -3.85. The van der Waals surface area contributed by atoms with Gasteiger partial charge in [-0.1, -0.05) is 49.4 Å². The maximum absolute atomic E-state index is 14.0. The van der Waals surface area contributed by atoms with Crippen molar-refractivity contribution in [2.75, 3.05) is 18.0 Å². The molecule has 0 aliphatic rings. The lowest BCUT2D eigenvalue weighted by atomic mass is 10.1. The monoisotopic (exact) mass is 551 g/mol. The molecule has 3 rings (SSSR count). The summed E-state index contributed by atoms with van der Waals surface area (Å²) in [5.74, 6) is -0.205. The average molecular weight is 552 g/mol. The Morgan fingerprint density at radius 2 is 1.64 bits per heavy atom. The molecule has 2 atom stereocenters. The Morgan fingerprint density at radius 3 is 2.28 bits per heavy atom. The standard InChI is InChI=1S/C30H37N3O5S/c1-6-23(3)31-30(35)24(4)32(20-25-13-11-15-27(19-25)38-5)29(34)21-33(26-14-10-12-22(2)18-26)39(36,37)28-16-8-7-9-17-28/h7-19,23-24H,6,20-21H2,1-5H3,(H,31,35)/t23-,24-/m1/s1. The van der Waals surface area contributed by atoms with Gasteiger partial charge in [0.05, 0.1) is 17.7 Å². The molecule has 2 amide bonds. The summed E-state index contributed by atoms with van der Waals surface area (Å²) in [4.78, 5) is 28.6. The van der Waals surface area contributed by atoms with E-state index >= 15 is 0 Å². The highest BCUT2D eigenvalue weighted by Crippen LogP contribution is 2.25. The second kappa shape index (κ2) is 13.3. The van der Waals surface area contributed by atoms with Gasteiger partial charge in [0.15, 0.2) is 0 Å². The van der Waals surface area contributed by atoms with Crippen LogP contribution in [0, 0.1) is 6.92 Å². The van der Waals surface area contributed by atoms with Gasteiger partial charge in [-0.25, -0.2) is 8.42 Å². The molecule has 0 aromatic heterocycles. The maximum atomic E-state index is 14.0. The molecule has 1 N–H and O–H groups in total. The zero-order valence-electron chi connectivity index (χ0n) is 23.1. The molecule has 0 spiro atoms. The van der Waals surface area contributed by atoms with Crippen LogP contribution in [0.15, 0.2) is 83.8 Å². The first kappa shape index (κ1) is 29.7. The van der Waals surface area contributed by atoms with Gasteiger partial charge in [-0.2, -0.15) is 0 Å². The molecule has 0 aliphatic heterocycles. The zero-order valence-corrected chi connectivity index (χ0v) is 23.9. The quantitative estimate of drug-likeness (QED) is 0.357. The SMILES string of the molecule is CC[C@@H](C)NC(=O)[C@@H](C)N(Cc1cccc(OC)c1)C(=O)CN(c1cccc(C)c1)S(=O)(=O)c1ccccc1. The van der Waals surface area contributed by atoms with E-state index in [2.05, 4.69) is 5.32 Å². The fourth-order valence-electron chi connectivity index (χ4n) is 4.05. The fourth-order valence-corrected chi connectivity index (χ4v) is 5.47. The number of carbonyl (C=O) groups excluding carboxylic acids is 2. The van der Waals surface area contributed by atoms with Crippen LogP contribution in [-0.2, 0) is 26.2 Å². The van der Waals surface area contributed by atoms with Gasteiger partial charge in [-0.15, -0.1) is 0 Å². The van der Waals surface area contributed by atoms with Crippen molar-refractivity contribution in [1.82, 2.24) is 10.2 Å². The third-order valence-corrected chi connectivity index (χ3v) is 8.34. The van der Waals surface area contributed by atoms with Gasteiger partial charge < -0.3 is 15.0 Å². The van der Waals surface area contributed by atoms with Crippen LogP contribution < -0.4 is 14.4 Å². The minimum Gasteiger partial charge on any atom is -0.497 e. The zero-order chi connectivity index (χ0) is 28.6. The lowest BCUT2D eigenvalue weighted by molar-refractivity contribution is -0.139. The van der Waals surface area contributed by atoms with Gasteiger partial charge in [0.2, 0.25) is 11.8 Å². The summed E-state index contributed by atoms with van der Waals surface area (Å²) in [6, 6.07) is 21.3. The first-order chi connectivity index (χ1) is 18.6. The number of nitrogens with zero attached hydrogens (tertiary/aromatic N) is 2. The molecule has 0 saturated heterocycles. The molecule has 0 radical (unpaired) electrons. The van der Waals surface area contributed by atoms with Gasteiger partial charge >= 0.3 is 0 Å². The molecule has 0 saturated carbocycles. The van der Waals surface area contributed by atoms with E-state index in [9.17, 15) is 18.0 Å². The van der Waals surface area contributed by atoms with Crippen molar-refractivity contribution < 1.29 is 22.7 Å². The van der Waals surface area contributed by atoms with Crippen molar-refractivity contribution in [2.45, 2.75) is 57.6 Å². The Balaban J connectivity index is 2.02.